The van der Waals surface area contributed by atoms with Crippen LogP contribution in [0, 0.1) is 0 Å². The molecule has 1 aliphatic heterocycles. The monoisotopic (exact) mass is 420 g/mol. The first-order valence-corrected chi connectivity index (χ1v) is 10.3. The van der Waals surface area contributed by atoms with E-state index in [1.807, 2.05) is 0 Å². The molecule has 10 heteroatoms. The highest BCUT2D eigenvalue weighted by atomic mass is 35.7. The van der Waals surface area contributed by atoms with Crippen LogP contribution in [0.2, 0.25) is 0 Å². The van der Waals surface area contributed by atoms with Gasteiger partial charge in [0.1, 0.15) is 0 Å². The summed E-state index contributed by atoms with van der Waals surface area (Å²) in [4.78, 5) is 6.06. The summed E-state index contributed by atoms with van der Waals surface area (Å²) in [5.74, 6) is -0.0861. The second kappa shape index (κ2) is 7.65. The average Bonchev–Trinajstić information content (AvgIpc) is 2.59. The van der Waals surface area contributed by atoms with Crippen LogP contribution in [0.4, 0.5) is 13.2 Å². The van der Waals surface area contributed by atoms with Crippen molar-refractivity contribution in [2.75, 3.05) is 13.2 Å². The summed E-state index contributed by atoms with van der Waals surface area (Å²) in [6.07, 6.45) is -2.17. The van der Waals surface area contributed by atoms with Crippen molar-refractivity contribution in [2.45, 2.75) is 30.6 Å². The Morgan fingerprint density at radius 1 is 1.19 bits per heavy atom. The van der Waals surface area contributed by atoms with Crippen molar-refractivity contribution in [3.63, 3.8) is 0 Å². The number of rotatable bonds is 5. The fourth-order valence-corrected chi connectivity index (χ4v) is 3.68. The molecule has 27 heavy (non-hydrogen) atoms. The van der Waals surface area contributed by atoms with E-state index in [-0.39, 0.29) is 10.8 Å². The molecule has 1 aromatic heterocycles. The third kappa shape index (κ3) is 5.57. The van der Waals surface area contributed by atoms with Crippen LogP contribution in [0.25, 0.3) is 0 Å². The van der Waals surface area contributed by atoms with E-state index in [2.05, 4.69) is 14.6 Å². The predicted octanol–water partition coefficient (Wildman–Crippen LogP) is 3.51. The first kappa shape index (κ1) is 19.9. The van der Waals surface area contributed by atoms with Crippen LogP contribution < -0.4 is 4.74 Å². The largest absolute Gasteiger partial charge is 0.468 e. The first-order chi connectivity index (χ1) is 12.6. The fourth-order valence-electron chi connectivity index (χ4n) is 2.88. The number of hydrogen-bond acceptors (Lipinski definition) is 5. The van der Waals surface area contributed by atoms with Gasteiger partial charge in [-0.25, -0.2) is 13.4 Å². The number of aromatic nitrogens is 1. The zero-order chi connectivity index (χ0) is 19.7. The third-order valence-electron chi connectivity index (χ3n) is 4.14. The number of hydrogen-bond donors (Lipinski definition) is 0. The molecule has 3 rings (SSSR count). The van der Waals surface area contributed by atoms with Gasteiger partial charge in [-0.1, -0.05) is 12.1 Å². The Morgan fingerprint density at radius 2 is 1.96 bits per heavy atom. The van der Waals surface area contributed by atoms with Crippen LogP contribution >= 0.6 is 10.7 Å². The molecule has 0 radical (unpaired) electrons. The van der Waals surface area contributed by atoms with Gasteiger partial charge in [0.25, 0.3) is 9.05 Å². The number of pyridine rings is 1. The Kier molecular flexibility index (Phi) is 5.64. The summed E-state index contributed by atoms with van der Waals surface area (Å²) in [6.45, 7) is 0.464. The molecule has 0 fully saturated rings. The molecule has 0 amide bonds. The van der Waals surface area contributed by atoms with E-state index in [1.54, 1.807) is 18.2 Å². The molecular weight excluding hydrogens is 405 g/mol. The Hall–Kier alpha value is -1.84. The molecule has 0 unspecified atom stereocenters. The van der Waals surface area contributed by atoms with Gasteiger partial charge < -0.3 is 4.74 Å². The van der Waals surface area contributed by atoms with E-state index < -0.39 is 21.8 Å². The topological polar surface area (TPSA) is 59.5 Å². The van der Waals surface area contributed by atoms with Gasteiger partial charge in [-0.3, -0.25) is 4.90 Å². The quantitative estimate of drug-likeness (QED) is 0.693. The van der Waals surface area contributed by atoms with E-state index in [4.69, 9.17) is 10.7 Å². The normalized spacial score (nSPS) is 15.4. The molecule has 0 aliphatic carbocycles. The summed E-state index contributed by atoms with van der Waals surface area (Å²) in [5.41, 5.74) is 2.78. The summed E-state index contributed by atoms with van der Waals surface area (Å²) >= 11 is 0. The molecule has 0 N–H and O–H groups in total. The van der Waals surface area contributed by atoms with Gasteiger partial charge in [-0.15, -0.1) is 0 Å². The van der Waals surface area contributed by atoms with Crippen molar-refractivity contribution in [3.05, 3.63) is 53.2 Å². The minimum atomic E-state index is -4.41. The molecule has 0 saturated heterocycles. The maximum Gasteiger partial charge on any atom is 0.422 e. The van der Waals surface area contributed by atoms with Crippen molar-refractivity contribution in [3.8, 4) is 5.88 Å². The molecule has 0 bridgehead atoms. The maximum absolute atomic E-state index is 12.1. The van der Waals surface area contributed by atoms with Crippen molar-refractivity contribution in [1.82, 2.24) is 9.88 Å². The Bertz CT molecular complexity index is 918. The Labute approximate surface area is 159 Å². The minimum absolute atomic E-state index is 0.0672. The molecule has 5 nitrogen and oxygen atoms in total. The predicted molar refractivity (Wildman–Crippen MR) is 93.1 cm³/mol. The van der Waals surface area contributed by atoms with Crippen LogP contribution in [0.5, 0.6) is 5.88 Å². The standard InChI is InChI=1S/C17H16ClF3N2O3S/c18-27(24,25)15-3-2-13-5-6-23(10-14(13)7-15)9-12-1-4-16(22-8-12)26-11-17(19,20)21/h1-4,7-8H,5-6,9-11H2. The van der Waals surface area contributed by atoms with E-state index in [0.717, 1.165) is 29.7 Å². The molecule has 0 spiro atoms. The highest BCUT2D eigenvalue weighted by Gasteiger charge is 2.28. The van der Waals surface area contributed by atoms with Crippen LogP contribution in [-0.4, -0.2) is 37.6 Å². The SMILES string of the molecule is O=S(=O)(Cl)c1ccc2c(c1)CN(Cc1ccc(OCC(F)(F)F)nc1)CC2. The van der Waals surface area contributed by atoms with Gasteiger partial charge >= 0.3 is 6.18 Å². The van der Waals surface area contributed by atoms with Crippen LogP contribution in [-0.2, 0) is 28.6 Å². The van der Waals surface area contributed by atoms with E-state index in [0.29, 0.717) is 13.1 Å². The number of halogens is 4. The molecule has 146 valence electrons. The lowest BCUT2D eigenvalue weighted by Gasteiger charge is -2.29. The van der Waals surface area contributed by atoms with Gasteiger partial charge in [-0.2, -0.15) is 13.2 Å². The summed E-state index contributed by atoms with van der Waals surface area (Å²) in [5, 5.41) is 0. The highest BCUT2D eigenvalue weighted by Crippen LogP contribution is 2.25. The second-order valence-corrected chi connectivity index (χ2v) is 8.80. The zero-order valence-corrected chi connectivity index (χ0v) is 15.6. The lowest BCUT2D eigenvalue weighted by molar-refractivity contribution is -0.154. The molecule has 0 saturated carbocycles. The lowest BCUT2D eigenvalue weighted by Crippen LogP contribution is -2.30. The van der Waals surface area contributed by atoms with Gasteiger partial charge in [0, 0.05) is 42.6 Å². The fraction of sp³-hybridized carbons (Fsp3) is 0.353. The third-order valence-corrected chi connectivity index (χ3v) is 5.49. The summed E-state index contributed by atoms with van der Waals surface area (Å²) < 4.78 is 64.0. The average molecular weight is 421 g/mol. The van der Waals surface area contributed by atoms with Crippen molar-refractivity contribution in [1.29, 1.82) is 0 Å². The Balaban J connectivity index is 1.64. The molecule has 2 aromatic rings. The number of benzene rings is 1. The lowest BCUT2D eigenvalue weighted by atomic mass is 9.99. The zero-order valence-electron chi connectivity index (χ0n) is 14.0. The first-order valence-electron chi connectivity index (χ1n) is 8.03. The molecule has 1 aromatic carbocycles. The van der Waals surface area contributed by atoms with Gasteiger partial charge in [-0.05, 0) is 35.2 Å². The molecular formula is C17H16ClF3N2O3S. The smallest absolute Gasteiger partial charge is 0.422 e. The number of ether oxygens (including phenoxy) is 1. The van der Waals surface area contributed by atoms with Gasteiger partial charge in [0.15, 0.2) is 6.61 Å². The van der Waals surface area contributed by atoms with E-state index >= 15 is 0 Å². The minimum Gasteiger partial charge on any atom is -0.468 e. The Morgan fingerprint density at radius 3 is 2.59 bits per heavy atom. The van der Waals surface area contributed by atoms with Crippen LogP contribution in [0.1, 0.15) is 16.7 Å². The molecule has 0 atom stereocenters. The van der Waals surface area contributed by atoms with Crippen LogP contribution in [0.15, 0.2) is 41.4 Å². The van der Waals surface area contributed by atoms with Gasteiger partial charge in [0.05, 0.1) is 4.90 Å². The molecule has 2 heterocycles. The maximum atomic E-state index is 12.1. The summed E-state index contributed by atoms with van der Waals surface area (Å²) in [7, 11) is 1.62. The van der Waals surface area contributed by atoms with Crippen molar-refractivity contribution >= 4 is 19.7 Å². The van der Waals surface area contributed by atoms with Gasteiger partial charge in [0.2, 0.25) is 5.88 Å². The van der Waals surface area contributed by atoms with E-state index in [1.165, 1.54) is 18.3 Å². The van der Waals surface area contributed by atoms with Crippen LogP contribution in [0.3, 0.4) is 0 Å². The summed E-state index contributed by atoms with van der Waals surface area (Å²) in [6, 6.07) is 7.91. The van der Waals surface area contributed by atoms with E-state index in [9.17, 15) is 21.6 Å². The number of alkyl halides is 3. The number of nitrogens with zero attached hydrogens (tertiary/aromatic N) is 2. The highest BCUT2D eigenvalue weighted by molar-refractivity contribution is 8.13. The van der Waals surface area contributed by atoms with Crippen molar-refractivity contribution < 1.29 is 26.3 Å². The second-order valence-electron chi connectivity index (χ2n) is 6.24. The number of fused-ring (bicyclic) bond motifs is 1. The molecule has 1 aliphatic rings. The van der Waals surface area contributed by atoms with Crippen molar-refractivity contribution in [2.24, 2.45) is 0 Å².